The molecule has 1 aromatic rings. The Kier molecular flexibility index (Phi) is 4.00. The lowest BCUT2D eigenvalue weighted by Gasteiger charge is -2.37. The highest BCUT2D eigenvalue weighted by Crippen LogP contribution is 2.32. The third-order valence-electron chi connectivity index (χ3n) is 5.07. The molecule has 0 spiro atoms. The van der Waals surface area contributed by atoms with Crippen LogP contribution in [-0.2, 0) is 11.2 Å². The number of carboxylic acids is 1. The molecule has 0 bridgehead atoms. The van der Waals surface area contributed by atoms with E-state index in [4.69, 9.17) is 4.42 Å². The summed E-state index contributed by atoms with van der Waals surface area (Å²) in [4.78, 5) is 37.8. The fourth-order valence-corrected chi connectivity index (χ4v) is 3.74. The molecule has 1 aliphatic heterocycles. The number of aryl methyl sites for hydroxylation is 1. The fraction of sp³-hybridized carbons (Fsp3) is 0.588. The monoisotopic (exact) mass is 319 g/mol. The molecule has 1 aliphatic carbocycles. The van der Waals surface area contributed by atoms with E-state index in [-0.39, 0.29) is 23.5 Å². The van der Waals surface area contributed by atoms with Crippen LogP contribution in [0.4, 0.5) is 0 Å². The largest absolute Gasteiger partial charge is 0.481 e. The molecule has 0 radical (unpaired) electrons. The van der Waals surface area contributed by atoms with Gasteiger partial charge in [-0.1, -0.05) is 0 Å². The van der Waals surface area contributed by atoms with Gasteiger partial charge in [0.1, 0.15) is 5.76 Å². The molecular formula is C17H21NO5. The number of fused-ring (bicyclic) bond motifs is 1. The summed E-state index contributed by atoms with van der Waals surface area (Å²) in [5.74, 6) is -0.908. The van der Waals surface area contributed by atoms with Crippen LogP contribution < -0.4 is 0 Å². The van der Waals surface area contributed by atoms with Gasteiger partial charge in [-0.25, -0.2) is 0 Å². The standard InChI is InChI=1S/C17H21NO5/c1-9-14-12(19)6-3-7-13(14)23-15(9)16(20)18-8-4-5-11(10(18)2)17(21)22/h10-11H,3-8H2,1-2H3,(H,21,22)/t10-,11-/m1/s1. The normalized spacial score (nSPS) is 24.4. The number of carbonyl (C=O) groups excluding carboxylic acids is 2. The van der Waals surface area contributed by atoms with Crippen LogP contribution in [0.2, 0.25) is 0 Å². The summed E-state index contributed by atoms with van der Waals surface area (Å²) in [6.45, 7) is 4.02. The summed E-state index contributed by atoms with van der Waals surface area (Å²) in [7, 11) is 0. The van der Waals surface area contributed by atoms with Crippen LogP contribution in [0.25, 0.3) is 0 Å². The van der Waals surface area contributed by atoms with Crippen molar-refractivity contribution in [3.63, 3.8) is 0 Å². The highest BCUT2D eigenvalue weighted by molar-refractivity contribution is 6.03. The van der Waals surface area contributed by atoms with Crippen LogP contribution in [0.5, 0.6) is 0 Å². The molecule has 6 heteroatoms. The highest BCUT2D eigenvalue weighted by atomic mass is 16.4. The van der Waals surface area contributed by atoms with E-state index in [1.165, 1.54) is 0 Å². The number of furan rings is 1. The van der Waals surface area contributed by atoms with Crippen molar-refractivity contribution in [1.29, 1.82) is 0 Å². The number of ketones is 1. The van der Waals surface area contributed by atoms with Gasteiger partial charge in [0, 0.05) is 31.0 Å². The van der Waals surface area contributed by atoms with E-state index < -0.39 is 11.9 Å². The summed E-state index contributed by atoms with van der Waals surface area (Å²) < 4.78 is 5.71. The molecule has 3 rings (SSSR count). The van der Waals surface area contributed by atoms with Gasteiger partial charge in [0.05, 0.1) is 11.5 Å². The Balaban J connectivity index is 1.92. The maximum atomic E-state index is 12.9. The van der Waals surface area contributed by atoms with Crippen molar-refractivity contribution in [3.05, 3.63) is 22.6 Å². The number of nitrogens with zero attached hydrogens (tertiary/aromatic N) is 1. The molecule has 2 heterocycles. The number of carboxylic acid groups (broad SMARTS) is 1. The molecular weight excluding hydrogens is 298 g/mol. The Morgan fingerprint density at radius 1 is 1.26 bits per heavy atom. The fourth-order valence-electron chi connectivity index (χ4n) is 3.74. The SMILES string of the molecule is Cc1c(C(=O)N2CCC[C@@H](C(=O)O)[C@H]2C)oc2c1C(=O)CCC2. The molecule has 23 heavy (non-hydrogen) atoms. The minimum Gasteiger partial charge on any atom is -0.481 e. The summed E-state index contributed by atoms with van der Waals surface area (Å²) in [5, 5.41) is 9.29. The zero-order valence-electron chi connectivity index (χ0n) is 13.4. The van der Waals surface area contributed by atoms with Crippen LogP contribution >= 0.6 is 0 Å². The van der Waals surface area contributed by atoms with Crippen LogP contribution in [-0.4, -0.2) is 40.3 Å². The summed E-state index contributed by atoms with van der Waals surface area (Å²) in [5.41, 5.74) is 1.15. The van der Waals surface area contributed by atoms with Gasteiger partial charge >= 0.3 is 5.97 Å². The van der Waals surface area contributed by atoms with Crippen molar-refractivity contribution in [2.24, 2.45) is 5.92 Å². The number of carbonyl (C=O) groups is 3. The molecule has 2 aliphatic rings. The number of aliphatic carboxylic acids is 1. The quantitative estimate of drug-likeness (QED) is 0.904. The van der Waals surface area contributed by atoms with E-state index in [0.29, 0.717) is 49.1 Å². The first-order valence-corrected chi connectivity index (χ1v) is 8.11. The smallest absolute Gasteiger partial charge is 0.308 e. The third-order valence-corrected chi connectivity index (χ3v) is 5.07. The molecule has 0 unspecified atom stereocenters. The zero-order chi connectivity index (χ0) is 16.7. The van der Waals surface area contributed by atoms with Gasteiger partial charge in [-0.05, 0) is 33.1 Å². The first-order chi connectivity index (χ1) is 10.9. The van der Waals surface area contributed by atoms with E-state index in [0.717, 1.165) is 6.42 Å². The average Bonchev–Trinajstić information content (AvgIpc) is 2.85. The van der Waals surface area contributed by atoms with E-state index >= 15 is 0 Å². The molecule has 0 aromatic carbocycles. The van der Waals surface area contributed by atoms with Crippen molar-refractivity contribution in [1.82, 2.24) is 4.90 Å². The van der Waals surface area contributed by atoms with Crippen molar-refractivity contribution < 1.29 is 23.9 Å². The van der Waals surface area contributed by atoms with Crippen LogP contribution in [0.15, 0.2) is 4.42 Å². The summed E-state index contributed by atoms with van der Waals surface area (Å²) >= 11 is 0. The number of rotatable bonds is 2. The number of likely N-dealkylation sites (tertiary alicyclic amines) is 1. The molecule has 1 N–H and O–H groups in total. The van der Waals surface area contributed by atoms with Crippen LogP contribution in [0.1, 0.15) is 64.8 Å². The second-order valence-corrected chi connectivity index (χ2v) is 6.46. The molecule has 0 saturated carbocycles. The average molecular weight is 319 g/mol. The lowest BCUT2D eigenvalue weighted by molar-refractivity contribution is -0.145. The summed E-state index contributed by atoms with van der Waals surface area (Å²) in [6, 6.07) is -0.383. The molecule has 1 saturated heterocycles. The Bertz CT molecular complexity index is 675. The number of hydrogen-bond acceptors (Lipinski definition) is 4. The zero-order valence-corrected chi connectivity index (χ0v) is 13.4. The minimum atomic E-state index is -0.874. The minimum absolute atomic E-state index is 0.0293. The second kappa shape index (κ2) is 5.83. The van der Waals surface area contributed by atoms with E-state index in [2.05, 4.69) is 0 Å². The van der Waals surface area contributed by atoms with Gasteiger partial charge in [-0.15, -0.1) is 0 Å². The molecule has 1 aromatic heterocycles. The van der Waals surface area contributed by atoms with Crippen LogP contribution in [0, 0.1) is 12.8 Å². The second-order valence-electron chi connectivity index (χ2n) is 6.46. The number of Topliss-reactive ketones (excluding diaryl/α,β-unsaturated/α-hetero) is 1. The van der Waals surface area contributed by atoms with Crippen molar-refractivity contribution in [3.8, 4) is 0 Å². The van der Waals surface area contributed by atoms with Crippen molar-refractivity contribution in [2.45, 2.75) is 52.0 Å². The summed E-state index contributed by atoms with van der Waals surface area (Å²) in [6.07, 6.45) is 3.14. The Morgan fingerprint density at radius 2 is 2.00 bits per heavy atom. The van der Waals surface area contributed by atoms with Crippen molar-refractivity contribution in [2.75, 3.05) is 6.54 Å². The first kappa shape index (κ1) is 15.8. The predicted molar refractivity (Wildman–Crippen MR) is 81.6 cm³/mol. The number of piperidine rings is 1. The maximum Gasteiger partial charge on any atom is 0.308 e. The Hall–Kier alpha value is -2.11. The van der Waals surface area contributed by atoms with E-state index in [1.54, 1.807) is 18.7 Å². The van der Waals surface area contributed by atoms with Crippen LogP contribution in [0.3, 0.4) is 0 Å². The topological polar surface area (TPSA) is 87.8 Å². The van der Waals surface area contributed by atoms with E-state index in [9.17, 15) is 19.5 Å². The first-order valence-electron chi connectivity index (χ1n) is 8.11. The Morgan fingerprint density at radius 3 is 2.65 bits per heavy atom. The number of hydrogen-bond donors (Lipinski definition) is 1. The predicted octanol–water partition coefficient (Wildman–Crippen LogP) is 2.43. The number of amides is 1. The van der Waals surface area contributed by atoms with Gasteiger partial charge in [0.15, 0.2) is 11.5 Å². The van der Waals surface area contributed by atoms with Gasteiger partial charge in [-0.3, -0.25) is 14.4 Å². The maximum absolute atomic E-state index is 12.9. The van der Waals surface area contributed by atoms with Crippen molar-refractivity contribution >= 4 is 17.7 Å². The van der Waals surface area contributed by atoms with Gasteiger partial charge in [-0.2, -0.15) is 0 Å². The molecule has 124 valence electrons. The molecule has 1 amide bonds. The molecule has 2 atom stereocenters. The lowest BCUT2D eigenvalue weighted by Crippen LogP contribution is -2.49. The molecule has 6 nitrogen and oxygen atoms in total. The Labute approximate surface area is 134 Å². The lowest BCUT2D eigenvalue weighted by atomic mass is 9.89. The van der Waals surface area contributed by atoms with Gasteiger partial charge in [0.2, 0.25) is 0 Å². The van der Waals surface area contributed by atoms with Gasteiger partial charge < -0.3 is 14.4 Å². The molecule has 1 fully saturated rings. The third kappa shape index (κ3) is 2.56. The highest BCUT2D eigenvalue weighted by Gasteiger charge is 2.38. The van der Waals surface area contributed by atoms with E-state index in [1.807, 2.05) is 0 Å². The van der Waals surface area contributed by atoms with Gasteiger partial charge in [0.25, 0.3) is 5.91 Å².